The highest BCUT2D eigenvalue weighted by molar-refractivity contribution is 7.89. The summed E-state index contributed by atoms with van der Waals surface area (Å²) in [7, 11) is -3.70. The van der Waals surface area contributed by atoms with E-state index in [1.807, 2.05) is 6.92 Å². The van der Waals surface area contributed by atoms with Gasteiger partial charge in [0.05, 0.1) is 11.1 Å². The molecule has 4 N–H and O–H groups in total. The lowest BCUT2D eigenvalue weighted by Gasteiger charge is -2.21. The Morgan fingerprint density at radius 1 is 1.30 bits per heavy atom. The van der Waals surface area contributed by atoms with Gasteiger partial charge in [0.15, 0.2) is 0 Å². The number of hydrogen-bond donors (Lipinski definition) is 3. The van der Waals surface area contributed by atoms with Gasteiger partial charge in [-0.1, -0.05) is 12.1 Å². The maximum Gasteiger partial charge on any atom is 0.242 e. The van der Waals surface area contributed by atoms with Gasteiger partial charge in [-0.3, -0.25) is 4.79 Å². The molecule has 1 rings (SSSR count). The SMILES string of the molecule is CCNc1ccccc1S(=O)(=O)NCC(C)(C)C(N)=O. The van der Waals surface area contributed by atoms with Crippen LogP contribution < -0.4 is 15.8 Å². The molecule has 1 aromatic carbocycles. The van der Waals surface area contributed by atoms with E-state index < -0.39 is 21.3 Å². The molecule has 0 aliphatic carbocycles. The first-order valence-electron chi connectivity index (χ1n) is 6.33. The zero-order valence-corrected chi connectivity index (χ0v) is 12.8. The van der Waals surface area contributed by atoms with Crippen molar-refractivity contribution in [2.24, 2.45) is 11.1 Å². The van der Waals surface area contributed by atoms with Crippen molar-refractivity contribution in [3.8, 4) is 0 Å². The fourth-order valence-corrected chi connectivity index (χ4v) is 2.87. The molecule has 0 radical (unpaired) electrons. The van der Waals surface area contributed by atoms with E-state index in [4.69, 9.17) is 5.73 Å². The van der Waals surface area contributed by atoms with Crippen molar-refractivity contribution >= 4 is 21.6 Å². The van der Waals surface area contributed by atoms with E-state index in [-0.39, 0.29) is 11.4 Å². The molecule has 0 aliphatic heterocycles. The summed E-state index contributed by atoms with van der Waals surface area (Å²) in [6, 6.07) is 6.61. The molecule has 0 heterocycles. The van der Waals surface area contributed by atoms with Crippen LogP contribution in [0.15, 0.2) is 29.2 Å². The van der Waals surface area contributed by atoms with Crippen LogP contribution in [0.1, 0.15) is 20.8 Å². The second-order valence-electron chi connectivity index (χ2n) is 5.10. The van der Waals surface area contributed by atoms with Crippen LogP contribution >= 0.6 is 0 Å². The quantitative estimate of drug-likeness (QED) is 0.696. The third-order valence-electron chi connectivity index (χ3n) is 2.91. The largest absolute Gasteiger partial charge is 0.384 e. The van der Waals surface area contributed by atoms with Crippen molar-refractivity contribution in [3.63, 3.8) is 0 Å². The summed E-state index contributed by atoms with van der Waals surface area (Å²) < 4.78 is 27.0. The van der Waals surface area contributed by atoms with Crippen LogP contribution in [0.4, 0.5) is 5.69 Å². The minimum Gasteiger partial charge on any atom is -0.384 e. The highest BCUT2D eigenvalue weighted by Gasteiger charge is 2.28. The zero-order chi connectivity index (χ0) is 15.4. The maximum atomic E-state index is 12.3. The number of para-hydroxylation sites is 1. The molecule has 0 aromatic heterocycles. The van der Waals surface area contributed by atoms with Crippen LogP contribution in [-0.2, 0) is 14.8 Å². The average molecular weight is 299 g/mol. The van der Waals surface area contributed by atoms with Crippen molar-refractivity contribution in [1.29, 1.82) is 0 Å². The molecule has 0 fully saturated rings. The van der Waals surface area contributed by atoms with Crippen LogP contribution in [0.25, 0.3) is 0 Å². The van der Waals surface area contributed by atoms with Crippen molar-refractivity contribution in [2.45, 2.75) is 25.7 Å². The lowest BCUT2D eigenvalue weighted by Crippen LogP contribution is -2.42. The molecule has 0 saturated carbocycles. The van der Waals surface area contributed by atoms with Crippen molar-refractivity contribution in [3.05, 3.63) is 24.3 Å². The van der Waals surface area contributed by atoms with Crippen molar-refractivity contribution in [1.82, 2.24) is 4.72 Å². The predicted molar refractivity (Wildman–Crippen MR) is 78.8 cm³/mol. The minimum absolute atomic E-state index is 0.0505. The number of primary amides is 1. The predicted octanol–water partition coefficient (Wildman–Crippen LogP) is 0.908. The van der Waals surface area contributed by atoms with Gasteiger partial charge in [-0.05, 0) is 32.9 Å². The summed E-state index contributed by atoms with van der Waals surface area (Å²) in [6.45, 7) is 5.62. The number of amides is 1. The molecule has 0 spiro atoms. The molecule has 20 heavy (non-hydrogen) atoms. The maximum absolute atomic E-state index is 12.3. The third kappa shape index (κ3) is 3.94. The standard InChI is InChI=1S/C13H21N3O3S/c1-4-15-10-7-5-6-8-11(10)20(18,19)16-9-13(2,3)12(14)17/h5-8,15-16H,4,9H2,1-3H3,(H2,14,17). The summed E-state index contributed by atoms with van der Waals surface area (Å²) in [5.74, 6) is -0.555. The van der Waals surface area contributed by atoms with Crippen LogP contribution in [0.5, 0.6) is 0 Å². The van der Waals surface area contributed by atoms with E-state index in [0.717, 1.165) is 0 Å². The van der Waals surface area contributed by atoms with Gasteiger partial charge >= 0.3 is 0 Å². The van der Waals surface area contributed by atoms with E-state index in [0.29, 0.717) is 12.2 Å². The van der Waals surface area contributed by atoms with Crippen LogP contribution in [0.3, 0.4) is 0 Å². The van der Waals surface area contributed by atoms with Gasteiger partial charge in [-0.15, -0.1) is 0 Å². The van der Waals surface area contributed by atoms with E-state index >= 15 is 0 Å². The molecule has 0 bridgehead atoms. The molecule has 1 aromatic rings. The fraction of sp³-hybridized carbons (Fsp3) is 0.462. The number of nitrogens with one attached hydrogen (secondary N) is 2. The van der Waals surface area contributed by atoms with Crippen molar-refractivity contribution in [2.75, 3.05) is 18.4 Å². The van der Waals surface area contributed by atoms with Gasteiger partial charge in [-0.2, -0.15) is 0 Å². The van der Waals surface area contributed by atoms with E-state index in [9.17, 15) is 13.2 Å². The van der Waals surface area contributed by atoms with Gasteiger partial charge in [0, 0.05) is 13.1 Å². The highest BCUT2D eigenvalue weighted by atomic mass is 32.2. The normalized spacial score (nSPS) is 12.2. The molecule has 0 saturated heterocycles. The first kappa shape index (κ1) is 16.5. The Hall–Kier alpha value is -1.60. The number of anilines is 1. The minimum atomic E-state index is -3.70. The van der Waals surface area contributed by atoms with E-state index in [1.54, 1.807) is 32.0 Å². The number of carbonyl (C=O) groups is 1. The lowest BCUT2D eigenvalue weighted by atomic mass is 9.93. The topological polar surface area (TPSA) is 101 Å². The third-order valence-corrected chi connectivity index (χ3v) is 4.37. The van der Waals surface area contributed by atoms with E-state index in [2.05, 4.69) is 10.0 Å². The Bertz CT molecular complexity index is 582. The van der Waals surface area contributed by atoms with Crippen LogP contribution in [0.2, 0.25) is 0 Å². The van der Waals surface area contributed by atoms with Gasteiger partial charge in [-0.25, -0.2) is 13.1 Å². The lowest BCUT2D eigenvalue weighted by molar-refractivity contribution is -0.125. The second kappa shape index (κ2) is 6.23. The Balaban J connectivity index is 2.98. The number of benzene rings is 1. The Morgan fingerprint density at radius 3 is 2.45 bits per heavy atom. The Morgan fingerprint density at radius 2 is 1.90 bits per heavy atom. The Labute approximate surface area is 119 Å². The second-order valence-corrected chi connectivity index (χ2v) is 6.83. The van der Waals surface area contributed by atoms with Crippen LogP contribution in [-0.4, -0.2) is 27.4 Å². The molecule has 0 unspecified atom stereocenters. The summed E-state index contributed by atoms with van der Waals surface area (Å²) >= 11 is 0. The first-order valence-corrected chi connectivity index (χ1v) is 7.81. The molecule has 112 valence electrons. The van der Waals surface area contributed by atoms with E-state index in [1.165, 1.54) is 6.07 Å². The summed E-state index contributed by atoms with van der Waals surface area (Å²) in [5, 5.41) is 2.99. The van der Waals surface area contributed by atoms with Gasteiger partial charge in [0.2, 0.25) is 15.9 Å². The highest BCUT2D eigenvalue weighted by Crippen LogP contribution is 2.21. The number of nitrogens with two attached hydrogens (primary N) is 1. The Kier molecular flexibility index (Phi) is 5.13. The number of sulfonamides is 1. The molecular formula is C13H21N3O3S. The zero-order valence-electron chi connectivity index (χ0n) is 11.9. The van der Waals surface area contributed by atoms with Crippen LogP contribution in [0, 0.1) is 5.41 Å². The molecule has 6 nitrogen and oxygen atoms in total. The first-order chi connectivity index (χ1) is 9.20. The number of rotatable bonds is 7. The number of hydrogen-bond acceptors (Lipinski definition) is 4. The molecule has 0 aliphatic rings. The molecule has 0 atom stereocenters. The average Bonchev–Trinajstić information content (AvgIpc) is 2.37. The molecular weight excluding hydrogens is 278 g/mol. The molecule has 7 heteroatoms. The number of carbonyl (C=O) groups excluding carboxylic acids is 1. The van der Waals surface area contributed by atoms with Gasteiger partial charge in [0.1, 0.15) is 4.90 Å². The van der Waals surface area contributed by atoms with Gasteiger partial charge in [0.25, 0.3) is 0 Å². The van der Waals surface area contributed by atoms with Gasteiger partial charge < -0.3 is 11.1 Å². The van der Waals surface area contributed by atoms with Crippen molar-refractivity contribution < 1.29 is 13.2 Å². The fourth-order valence-electron chi connectivity index (χ4n) is 1.48. The monoisotopic (exact) mass is 299 g/mol. The summed E-state index contributed by atoms with van der Waals surface area (Å²) in [6.07, 6.45) is 0. The molecule has 1 amide bonds. The smallest absolute Gasteiger partial charge is 0.242 e. The summed E-state index contributed by atoms with van der Waals surface area (Å²) in [5.41, 5.74) is 4.81. The summed E-state index contributed by atoms with van der Waals surface area (Å²) in [4.78, 5) is 11.4.